The quantitative estimate of drug-likeness (QED) is 0.686. The summed E-state index contributed by atoms with van der Waals surface area (Å²) in [7, 11) is 0. The van der Waals surface area contributed by atoms with E-state index in [1.807, 2.05) is 0 Å². The summed E-state index contributed by atoms with van der Waals surface area (Å²) >= 11 is 0. The minimum absolute atomic E-state index is 0.753. The number of aryl methyl sites for hydroxylation is 1. The zero-order valence-corrected chi connectivity index (χ0v) is 16.9. The Morgan fingerprint density at radius 2 is 1.41 bits per heavy atom. The third kappa shape index (κ3) is 3.72. The van der Waals surface area contributed by atoms with Gasteiger partial charge in [-0.05, 0) is 31.2 Å². The van der Waals surface area contributed by atoms with Crippen molar-refractivity contribution in [1.82, 2.24) is 9.97 Å². The van der Waals surface area contributed by atoms with Crippen molar-refractivity contribution in [2.24, 2.45) is 0 Å². The number of morpholine rings is 1. The van der Waals surface area contributed by atoms with E-state index in [1.165, 1.54) is 11.3 Å². The summed E-state index contributed by atoms with van der Waals surface area (Å²) in [5, 5.41) is 1.12. The smallest absolute Gasteiger partial charge is 0.228 e. The van der Waals surface area contributed by atoms with E-state index in [2.05, 4.69) is 70.2 Å². The van der Waals surface area contributed by atoms with E-state index in [1.54, 1.807) is 0 Å². The van der Waals surface area contributed by atoms with Crippen LogP contribution in [-0.2, 0) is 4.74 Å². The molecule has 0 N–H and O–H groups in total. The van der Waals surface area contributed by atoms with Crippen LogP contribution in [-0.4, -0.2) is 62.5 Å². The fourth-order valence-electron chi connectivity index (χ4n) is 4.13. The van der Waals surface area contributed by atoms with Crippen LogP contribution in [0.15, 0.2) is 48.5 Å². The number of benzene rings is 2. The molecule has 0 radical (unpaired) electrons. The predicted molar refractivity (Wildman–Crippen MR) is 118 cm³/mol. The minimum atomic E-state index is 0.753. The highest BCUT2D eigenvalue weighted by Crippen LogP contribution is 2.28. The number of ether oxygens (including phenoxy) is 1. The van der Waals surface area contributed by atoms with E-state index in [0.717, 1.165) is 75.2 Å². The maximum Gasteiger partial charge on any atom is 0.228 e. The number of para-hydroxylation sites is 1. The van der Waals surface area contributed by atoms with Gasteiger partial charge in [-0.25, -0.2) is 4.98 Å². The first kappa shape index (κ1) is 18.2. The van der Waals surface area contributed by atoms with Crippen molar-refractivity contribution in [3.05, 3.63) is 54.1 Å². The summed E-state index contributed by atoms with van der Waals surface area (Å²) in [5.74, 6) is 1.88. The summed E-state index contributed by atoms with van der Waals surface area (Å²) in [4.78, 5) is 17.0. The highest BCUT2D eigenvalue weighted by Gasteiger charge is 2.23. The highest BCUT2D eigenvalue weighted by molar-refractivity contribution is 5.90. The molecule has 2 aliphatic rings. The standard InChI is InChI=1S/C23H27N5O/c1-18-6-8-19(9-7-18)26-10-12-28(13-11-26)23-24-21-5-3-2-4-20(21)22(25-23)27-14-16-29-17-15-27/h2-9H,10-17H2,1H3. The van der Waals surface area contributed by atoms with Crippen LogP contribution >= 0.6 is 0 Å². The second-order valence-electron chi connectivity index (χ2n) is 7.77. The highest BCUT2D eigenvalue weighted by atomic mass is 16.5. The Kier molecular flexibility index (Phi) is 4.94. The van der Waals surface area contributed by atoms with Crippen LogP contribution < -0.4 is 14.7 Å². The Bertz CT molecular complexity index is 976. The second kappa shape index (κ2) is 7.87. The van der Waals surface area contributed by atoms with Crippen molar-refractivity contribution < 1.29 is 4.74 Å². The minimum Gasteiger partial charge on any atom is -0.378 e. The predicted octanol–water partition coefficient (Wildman–Crippen LogP) is 3.10. The van der Waals surface area contributed by atoms with Crippen LogP contribution in [0.25, 0.3) is 10.9 Å². The van der Waals surface area contributed by atoms with E-state index in [0.29, 0.717) is 0 Å². The molecule has 1 aromatic heterocycles. The molecule has 29 heavy (non-hydrogen) atoms. The molecule has 150 valence electrons. The third-order valence-corrected chi connectivity index (χ3v) is 5.84. The maximum absolute atomic E-state index is 5.54. The number of aromatic nitrogens is 2. The number of anilines is 3. The monoisotopic (exact) mass is 389 g/mol. The van der Waals surface area contributed by atoms with Gasteiger partial charge in [0.25, 0.3) is 0 Å². The van der Waals surface area contributed by atoms with Crippen LogP contribution in [0, 0.1) is 6.92 Å². The summed E-state index contributed by atoms with van der Waals surface area (Å²) in [6.45, 7) is 9.20. The van der Waals surface area contributed by atoms with Crippen LogP contribution in [0.1, 0.15) is 5.56 Å². The van der Waals surface area contributed by atoms with Crippen LogP contribution in [0.4, 0.5) is 17.5 Å². The van der Waals surface area contributed by atoms with Crippen molar-refractivity contribution in [2.45, 2.75) is 6.92 Å². The normalized spacial score (nSPS) is 17.8. The fourth-order valence-corrected chi connectivity index (χ4v) is 4.13. The molecule has 2 fully saturated rings. The van der Waals surface area contributed by atoms with Gasteiger partial charge in [-0.1, -0.05) is 29.8 Å². The first-order valence-electron chi connectivity index (χ1n) is 10.4. The number of hydrogen-bond donors (Lipinski definition) is 0. The number of piperazine rings is 1. The molecule has 3 aromatic rings. The van der Waals surface area contributed by atoms with Crippen molar-refractivity contribution >= 4 is 28.4 Å². The summed E-state index contributed by atoms with van der Waals surface area (Å²) in [6.07, 6.45) is 0. The summed E-state index contributed by atoms with van der Waals surface area (Å²) < 4.78 is 5.54. The summed E-state index contributed by atoms with van der Waals surface area (Å²) in [5.41, 5.74) is 3.61. The first-order chi connectivity index (χ1) is 14.3. The molecule has 0 amide bonds. The maximum atomic E-state index is 5.54. The average molecular weight is 390 g/mol. The molecular weight excluding hydrogens is 362 g/mol. The van der Waals surface area contributed by atoms with Gasteiger partial charge in [0, 0.05) is 50.3 Å². The zero-order valence-electron chi connectivity index (χ0n) is 16.9. The Hall–Kier alpha value is -2.86. The largest absolute Gasteiger partial charge is 0.378 e. The topological polar surface area (TPSA) is 44.7 Å². The SMILES string of the molecule is Cc1ccc(N2CCN(c3nc(N4CCOCC4)c4ccccc4n3)CC2)cc1. The lowest BCUT2D eigenvalue weighted by Gasteiger charge is -2.37. The van der Waals surface area contributed by atoms with E-state index in [9.17, 15) is 0 Å². The van der Waals surface area contributed by atoms with Gasteiger partial charge >= 0.3 is 0 Å². The van der Waals surface area contributed by atoms with Gasteiger partial charge < -0.3 is 19.4 Å². The lowest BCUT2D eigenvalue weighted by molar-refractivity contribution is 0.122. The summed E-state index contributed by atoms with van der Waals surface area (Å²) in [6, 6.07) is 17.1. The van der Waals surface area contributed by atoms with Gasteiger partial charge in [0.05, 0.1) is 18.7 Å². The molecule has 0 aliphatic carbocycles. The molecule has 0 spiro atoms. The number of rotatable bonds is 3. The van der Waals surface area contributed by atoms with Crippen molar-refractivity contribution in [2.75, 3.05) is 67.2 Å². The number of fused-ring (bicyclic) bond motifs is 1. The molecule has 0 bridgehead atoms. The van der Waals surface area contributed by atoms with Crippen LogP contribution in [0.3, 0.4) is 0 Å². The van der Waals surface area contributed by atoms with Gasteiger partial charge in [-0.3, -0.25) is 0 Å². The lowest BCUT2D eigenvalue weighted by Crippen LogP contribution is -2.47. The van der Waals surface area contributed by atoms with Crippen molar-refractivity contribution in [3.63, 3.8) is 0 Å². The Morgan fingerprint density at radius 1 is 0.724 bits per heavy atom. The lowest BCUT2D eigenvalue weighted by atomic mass is 10.2. The van der Waals surface area contributed by atoms with Crippen LogP contribution in [0.5, 0.6) is 0 Å². The number of nitrogens with zero attached hydrogens (tertiary/aromatic N) is 5. The molecule has 6 nitrogen and oxygen atoms in total. The van der Waals surface area contributed by atoms with E-state index >= 15 is 0 Å². The third-order valence-electron chi connectivity index (χ3n) is 5.84. The molecule has 5 rings (SSSR count). The molecule has 2 aromatic carbocycles. The Labute approximate surface area is 171 Å². The van der Waals surface area contributed by atoms with E-state index in [4.69, 9.17) is 14.7 Å². The van der Waals surface area contributed by atoms with Crippen molar-refractivity contribution in [1.29, 1.82) is 0 Å². The van der Waals surface area contributed by atoms with E-state index < -0.39 is 0 Å². The van der Waals surface area contributed by atoms with Crippen molar-refractivity contribution in [3.8, 4) is 0 Å². The number of hydrogen-bond acceptors (Lipinski definition) is 6. The van der Waals surface area contributed by atoms with Crippen LogP contribution in [0.2, 0.25) is 0 Å². The molecule has 0 atom stereocenters. The molecule has 2 saturated heterocycles. The molecule has 6 heteroatoms. The zero-order chi connectivity index (χ0) is 19.6. The average Bonchev–Trinajstić information content (AvgIpc) is 2.79. The molecule has 0 saturated carbocycles. The molecule has 0 unspecified atom stereocenters. The Morgan fingerprint density at radius 3 is 2.17 bits per heavy atom. The van der Waals surface area contributed by atoms with Gasteiger partial charge in [0.2, 0.25) is 5.95 Å². The van der Waals surface area contributed by atoms with Gasteiger partial charge in [-0.2, -0.15) is 4.98 Å². The molecular formula is C23H27N5O. The molecule has 3 heterocycles. The Balaban J connectivity index is 1.39. The van der Waals surface area contributed by atoms with Gasteiger partial charge in [0.1, 0.15) is 5.82 Å². The molecule has 2 aliphatic heterocycles. The van der Waals surface area contributed by atoms with Gasteiger partial charge in [0.15, 0.2) is 0 Å². The second-order valence-corrected chi connectivity index (χ2v) is 7.77. The van der Waals surface area contributed by atoms with E-state index in [-0.39, 0.29) is 0 Å². The first-order valence-corrected chi connectivity index (χ1v) is 10.4. The fraction of sp³-hybridized carbons (Fsp3) is 0.391. The van der Waals surface area contributed by atoms with Gasteiger partial charge in [-0.15, -0.1) is 0 Å².